The average molecular weight is 209 g/mol. The third kappa shape index (κ3) is 2.15. The van der Waals surface area contributed by atoms with Gasteiger partial charge in [0.05, 0.1) is 12.2 Å². The summed E-state index contributed by atoms with van der Waals surface area (Å²) in [5.74, 6) is 1.54. The lowest BCUT2D eigenvalue weighted by molar-refractivity contribution is 0.288. The van der Waals surface area contributed by atoms with Gasteiger partial charge in [-0.3, -0.25) is 0 Å². The Hall–Kier alpha value is -1.03. The molecule has 0 saturated heterocycles. The SMILES string of the molecule is CC(C1CC1)n1ncc(CCCO)c1N. The van der Waals surface area contributed by atoms with Gasteiger partial charge in [0, 0.05) is 12.2 Å². The zero-order chi connectivity index (χ0) is 10.8. The predicted octanol–water partition coefficient (Wildman–Crippen LogP) is 1.36. The van der Waals surface area contributed by atoms with Gasteiger partial charge in [0.1, 0.15) is 5.82 Å². The number of aliphatic hydroxyl groups excluding tert-OH is 1. The largest absolute Gasteiger partial charge is 0.396 e. The van der Waals surface area contributed by atoms with Crippen molar-refractivity contribution in [1.29, 1.82) is 0 Å². The molecule has 1 heterocycles. The third-order valence-electron chi connectivity index (χ3n) is 3.21. The summed E-state index contributed by atoms with van der Waals surface area (Å²) in [5, 5.41) is 13.1. The molecule has 1 fully saturated rings. The minimum atomic E-state index is 0.211. The Morgan fingerprint density at radius 1 is 1.67 bits per heavy atom. The molecule has 0 spiro atoms. The first-order valence-corrected chi connectivity index (χ1v) is 5.66. The van der Waals surface area contributed by atoms with Gasteiger partial charge in [-0.15, -0.1) is 0 Å². The maximum Gasteiger partial charge on any atom is 0.125 e. The number of aryl methyl sites for hydroxylation is 1. The van der Waals surface area contributed by atoms with Crippen molar-refractivity contribution in [2.24, 2.45) is 5.92 Å². The summed E-state index contributed by atoms with van der Waals surface area (Å²) in [4.78, 5) is 0. The lowest BCUT2D eigenvalue weighted by Crippen LogP contribution is -2.12. The molecule has 3 N–H and O–H groups in total. The second-order valence-electron chi connectivity index (χ2n) is 4.40. The molecule has 1 aromatic heterocycles. The molecule has 1 atom stereocenters. The van der Waals surface area contributed by atoms with E-state index >= 15 is 0 Å². The number of hydrogen-bond acceptors (Lipinski definition) is 3. The van der Waals surface area contributed by atoms with Gasteiger partial charge in [-0.25, -0.2) is 4.68 Å². The number of hydrogen-bond donors (Lipinski definition) is 2. The normalized spacial score (nSPS) is 18.0. The second-order valence-corrected chi connectivity index (χ2v) is 4.40. The molecule has 1 saturated carbocycles. The fourth-order valence-electron chi connectivity index (χ4n) is 1.97. The monoisotopic (exact) mass is 209 g/mol. The van der Waals surface area contributed by atoms with Crippen LogP contribution in [0.5, 0.6) is 0 Å². The van der Waals surface area contributed by atoms with Gasteiger partial charge < -0.3 is 10.8 Å². The van der Waals surface area contributed by atoms with Crippen molar-refractivity contribution in [2.45, 2.75) is 38.6 Å². The van der Waals surface area contributed by atoms with Crippen molar-refractivity contribution >= 4 is 5.82 Å². The first kappa shape index (κ1) is 10.5. The summed E-state index contributed by atoms with van der Waals surface area (Å²) in [5.41, 5.74) is 7.10. The summed E-state index contributed by atoms with van der Waals surface area (Å²) in [6.45, 7) is 2.39. The van der Waals surface area contributed by atoms with Crippen LogP contribution in [0.15, 0.2) is 6.20 Å². The molecule has 2 rings (SSSR count). The first-order valence-electron chi connectivity index (χ1n) is 5.66. The highest BCUT2D eigenvalue weighted by molar-refractivity contribution is 5.39. The smallest absolute Gasteiger partial charge is 0.125 e. The molecule has 0 aromatic carbocycles. The van der Waals surface area contributed by atoms with E-state index in [1.807, 2.05) is 10.9 Å². The molecule has 15 heavy (non-hydrogen) atoms. The van der Waals surface area contributed by atoms with E-state index in [0.29, 0.717) is 6.04 Å². The Labute approximate surface area is 90.1 Å². The van der Waals surface area contributed by atoms with E-state index in [4.69, 9.17) is 10.8 Å². The molecular weight excluding hydrogens is 190 g/mol. The van der Waals surface area contributed by atoms with Crippen molar-refractivity contribution in [1.82, 2.24) is 9.78 Å². The van der Waals surface area contributed by atoms with Gasteiger partial charge in [0.15, 0.2) is 0 Å². The van der Waals surface area contributed by atoms with Crippen LogP contribution in [0, 0.1) is 5.92 Å². The highest BCUT2D eigenvalue weighted by Gasteiger charge is 2.30. The maximum atomic E-state index is 8.76. The highest BCUT2D eigenvalue weighted by Crippen LogP contribution is 2.40. The summed E-state index contributed by atoms with van der Waals surface area (Å²) in [6.07, 6.45) is 6.01. The number of nitrogens with zero attached hydrogens (tertiary/aromatic N) is 2. The van der Waals surface area contributed by atoms with Gasteiger partial charge >= 0.3 is 0 Å². The Morgan fingerprint density at radius 3 is 3.00 bits per heavy atom. The van der Waals surface area contributed by atoms with Crippen LogP contribution < -0.4 is 5.73 Å². The molecule has 4 nitrogen and oxygen atoms in total. The molecule has 0 aliphatic heterocycles. The molecule has 1 aromatic rings. The fraction of sp³-hybridized carbons (Fsp3) is 0.727. The Balaban J connectivity index is 2.08. The van der Waals surface area contributed by atoms with Gasteiger partial charge in [-0.1, -0.05) is 0 Å². The molecule has 1 aliphatic rings. The third-order valence-corrected chi connectivity index (χ3v) is 3.21. The van der Waals surface area contributed by atoms with Crippen LogP contribution in [-0.4, -0.2) is 21.5 Å². The number of aliphatic hydroxyl groups is 1. The van der Waals surface area contributed by atoms with E-state index in [1.165, 1.54) is 12.8 Å². The quantitative estimate of drug-likeness (QED) is 0.769. The van der Waals surface area contributed by atoms with Crippen molar-refractivity contribution in [2.75, 3.05) is 12.3 Å². The Kier molecular flexibility index (Phi) is 2.95. The topological polar surface area (TPSA) is 64.1 Å². The number of nitrogen functional groups attached to an aromatic ring is 1. The zero-order valence-electron chi connectivity index (χ0n) is 9.19. The summed E-state index contributed by atoms with van der Waals surface area (Å²) >= 11 is 0. The Bertz CT molecular complexity index is 331. The fourth-order valence-corrected chi connectivity index (χ4v) is 1.97. The lowest BCUT2D eigenvalue weighted by Gasteiger charge is -2.12. The van der Waals surface area contributed by atoms with Gasteiger partial charge in [-0.05, 0) is 38.5 Å². The predicted molar refractivity (Wildman–Crippen MR) is 59.5 cm³/mol. The van der Waals surface area contributed by atoms with E-state index in [9.17, 15) is 0 Å². The molecule has 1 unspecified atom stereocenters. The standard InChI is InChI=1S/C11H19N3O/c1-8(9-4-5-9)14-11(12)10(7-13-14)3-2-6-15/h7-9,15H,2-6,12H2,1H3. The molecule has 84 valence electrons. The molecule has 0 amide bonds. The minimum absolute atomic E-state index is 0.211. The van der Waals surface area contributed by atoms with Crippen LogP contribution in [0.25, 0.3) is 0 Å². The summed E-state index contributed by atoms with van der Waals surface area (Å²) in [6, 6.07) is 0.424. The van der Waals surface area contributed by atoms with Crippen molar-refractivity contribution in [3.05, 3.63) is 11.8 Å². The van der Waals surface area contributed by atoms with E-state index < -0.39 is 0 Å². The summed E-state index contributed by atoms with van der Waals surface area (Å²) < 4.78 is 1.93. The lowest BCUT2D eigenvalue weighted by atomic mass is 10.2. The van der Waals surface area contributed by atoms with Crippen LogP contribution in [0.3, 0.4) is 0 Å². The van der Waals surface area contributed by atoms with E-state index in [1.54, 1.807) is 0 Å². The van der Waals surface area contributed by atoms with E-state index in [-0.39, 0.29) is 6.61 Å². The van der Waals surface area contributed by atoms with Gasteiger partial charge in [-0.2, -0.15) is 5.10 Å². The van der Waals surface area contributed by atoms with Crippen LogP contribution in [0.4, 0.5) is 5.82 Å². The van der Waals surface area contributed by atoms with Crippen molar-refractivity contribution in [3.63, 3.8) is 0 Å². The molecule has 0 radical (unpaired) electrons. The molecular formula is C11H19N3O. The van der Waals surface area contributed by atoms with Crippen LogP contribution in [0.1, 0.15) is 37.8 Å². The minimum Gasteiger partial charge on any atom is -0.396 e. The van der Waals surface area contributed by atoms with Crippen molar-refractivity contribution in [3.8, 4) is 0 Å². The molecule has 0 bridgehead atoms. The van der Waals surface area contributed by atoms with Crippen LogP contribution in [-0.2, 0) is 6.42 Å². The zero-order valence-corrected chi connectivity index (χ0v) is 9.19. The first-order chi connectivity index (χ1) is 7.24. The van der Waals surface area contributed by atoms with Gasteiger partial charge in [0.2, 0.25) is 0 Å². The highest BCUT2D eigenvalue weighted by atomic mass is 16.2. The molecule has 4 heteroatoms. The maximum absolute atomic E-state index is 8.76. The number of rotatable bonds is 5. The van der Waals surface area contributed by atoms with E-state index in [2.05, 4.69) is 12.0 Å². The van der Waals surface area contributed by atoms with Crippen LogP contribution >= 0.6 is 0 Å². The molecule has 1 aliphatic carbocycles. The van der Waals surface area contributed by atoms with Crippen molar-refractivity contribution < 1.29 is 5.11 Å². The summed E-state index contributed by atoms with van der Waals surface area (Å²) in [7, 11) is 0. The van der Waals surface area contributed by atoms with Gasteiger partial charge in [0.25, 0.3) is 0 Å². The number of aromatic nitrogens is 2. The van der Waals surface area contributed by atoms with Crippen LogP contribution in [0.2, 0.25) is 0 Å². The average Bonchev–Trinajstić information content (AvgIpc) is 3.01. The number of nitrogens with two attached hydrogens (primary N) is 1. The Morgan fingerprint density at radius 2 is 2.40 bits per heavy atom. The second kappa shape index (κ2) is 4.23. The number of anilines is 1. The van der Waals surface area contributed by atoms with E-state index in [0.717, 1.165) is 30.1 Å².